The number of H-pyrrole nitrogens is 1. The average molecular weight is 547 g/mol. The van der Waals surface area contributed by atoms with Gasteiger partial charge in [-0.1, -0.05) is 23.7 Å². The summed E-state index contributed by atoms with van der Waals surface area (Å²) in [5.41, 5.74) is 1.12. The van der Waals surface area contributed by atoms with Gasteiger partial charge in [-0.2, -0.15) is 5.10 Å². The van der Waals surface area contributed by atoms with Crippen LogP contribution in [-0.2, 0) is 25.0 Å². The Morgan fingerprint density at radius 3 is 2.59 bits per heavy atom. The summed E-state index contributed by atoms with van der Waals surface area (Å²) >= 11 is 5.89. The molecule has 1 aliphatic rings. The van der Waals surface area contributed by atoms with Gasteiger partial charge in [-0.3, -0.25) is 14.4 Å². The largest absolute Gasteiger partial charge is 0.382 e. The van der Waals surface area contributed by atoms with E-state index in [1.807, 2.05) is 22.8 Å². The van der Waals surface area contributed by atoms with E-state index < -0.39 is 26.9 Å². The molecule has 2 N–H and O–H groups in total. The number of halogens is 1. The third-order valence-electron chi connectivity index (χ3n) is 6.86. The van der Waals surface area contributed by atoms with Crippen LogP contribution in [-0.4, -0.2) is 69.4 Å². The van der Waals surface area contributed by atoms with Gasteiger partial charge in [0.15, 0.2) is 11.6 Å². The van der Waals surface area contributed by atoms with Crippen molar-refractivity contribution in [3.63, 3.8) is 0 Å². The summed E-state index contributed by atoms with van der Waals surface area (Å²) in [6.45, 7) is 1.90. The van der Waals surface area contributed by atoms with E-state index >= 15 is 0 Å². The van der Waals surface area contributed by atoms with E-state index in [0.717, 1.165) is 35.7 Å². The molecule has 0 radical (unpaired) electrons. The smallest absolute Gasteiger partial charge is 0.240 e. The van der Waals surface area contributed by atoms with Gasteiger partial charge in [-0.15, -0.1) is 10.2 Å². The fourth-order valence-corrected chi connectivity index (χ4v) is 6.01. The molecule has 0 spiro atoms. The molecule has 1 saturated carbocycles. The molecule has 1 aliphatic carbocycles. The fraction of sp³-hybridized carbons (Fsp3) is 0.435. The van der Waals surface area contributed by atoms with Crippen LogP contribution in [0.5, 0.6) is 0 Å². The first-order valence-electron chi connectivity index (χ1n) is 11.7. The maximum atomic E-state index is 13.6. The van der Waals surface area contributed by atoms with Crippen LogP contribution in [0, 0.1) is 0 Å². The van der Waals surface area contributed by atoms with E-state index in [0.29, 0.717) is 17.5 Å². The van der Waals surface area contributed by atoms with E-state index in [4.69, 9.17) is 21.1 Å². The number of hydrogen-bond acceptors (Lipinski definition) is 9. The quantitative estimate of drug-likeness (QED) is 0.305. The number of fused-ring (bicyclic) bond motifs is 1. The van der Waals surface area contributed by atoms with Crippen LogP contribution in [0.2, 0.25) is 5.02 Å². The average Bonchev–Trinajstić information content (AvgIpc) is 3.50. The third-order valence-corrected chi connectivity index (χ3v) is 8.75. The lowest BCUT2D eigenvalue weighted by molar-refractivity contribution is 0.0299. The zero-order valence-corrected chi connectivity index (χ0v) is 22.1. The molecule has 0 bridgehead atoms. The number of aromatic nitrogens is 7. The summed E-state index contributed by atoms with van der Waals surface area (Å²) in [7, 11) is -1.00. The van der Waals surface area contributed by atoms with Gasteiger partial charge in [-0.25, -0.2) is 18.4 Å². The molecule has 1 fully saturated rings. The highest BCUT2D eigenvalue weighted by atomic mass is 35.5. The Morgan fingerprint density at radius 1 is 1.19 bits per heavy atom. The van der Waals surface area contributed by atoms with Crippen LogP contribution >= 0.6 is 11.6 Å². The standard InChI is InChI=1S/C23H27ClN8O4S/c1-14(19(36-3)20-25-10-15(24)11-26-20)37(33,34)31-22-30-29-21(32(22)23(13-35-2)8-5-9-23)16-6-4-7-18-17(16)12-27-28-18/h4,6-7,10-12,14,19H,5,8-9,13H2,1-3H3,(H,27,28)(H,30,31)/t14-,19-/m0/s1. The number of anilines is 1. The van der Waals surface area contributed by atoms with Crippen LogP contribution in [0.3, 0.4) is 0 Å². The molecule has 196 valence electrons. The first-order chi connectivity index (χ1) is 17.8. The van der Waals surface area contributed by atoms with Crippen molar-refractivity contribution in [2.75, 3.05) is 25.5 Å². The lowest BCUT2D eigenvalue weighted by Gasteiger charge is -2.43. The molecule has 3 aromatic heterocycles. The zero-order chi connectivity index (χ0) is 26.2. The Kier molecular flexibility index (Phi) is 6.88. The lowest BCUT2D eigenvalue weighted by Crippen LogP contribution is -2.46. The summed E-state index contributed by atoms with van der Waals surface area (Å²) in [5, 5.41) is 16.0. The molecule has 12 nitrogen and oxygen atoms in total. The highest BCUT2D eigenvalue weighted by Gasteiger charge is 2.44. The van der Waals surface area contributed by atoms with E-state index in [9.17, 15) is 8.42 Å². The van der Waals surface area contributed by atoms with Crippen molar-refractivity contribution in [2.45, 2.75) is 43.1 Å². The maximum absolute atomic E-state index is 13.6. The molecule has 37 heavy (non-hydrogen) atoms. The first kappa shape index (κ1) is 25.5. The number of benzene rings is 1. The minimum Gasteiger partial charge on any atom is -0.382 e. The summed E-state index contributed by atoms with van der Waals surface area (Å²) in [6, 6.07) is 5.72. The molecule has 4 aromatic rings. The molecule has 5 rings (SSSR count). The topological polar surface area (TPSA) is 150 Å². The van der Waals surface area contributed by atoms with Crippen molar-refractivity contribution in [3.8, 4) is 11.4 Å². The van der Waals surface area contributed by atoms with Crippen molar-refractivity contribution in [3.05, 3.63) is 47.6 Å². The number of nitrogens with zero attached hydrogens (tertiary/aromatic N) is 6. The SMILES string of the molecule is COCC1(n2c(NS(=O)(=O)[C@@H](C)[C@H](OC)c3ncc(Cl)cn3)nnc2-c2cccc3[nH]ncc23)CCC1. The molecule has 0 amide bonds. The molecule has 1 aromatic carbocycles. The fourth-order valence-electron chi connectivity index (χ4n) is 4.78. The molecule has 3 heterocycles. The molecule has 0 unspecified atom stereocenters. The number of methoxy groups -OCH3 is 2. The Labute approximate surface area is 218 Å². The minimum absolute atomic E-state index is 0.103. The Bertz CT molecular complexity index is 1500. The van der Waals surface area contributed by atoms with Crippen molar-refractivity contribution in [1.29, 1.82) is 0 Å². The van der Waals surface area contributed by atoms with Gasteiger partial charge in [0.25, 0.3) is 0 Å². The highest BCUT2D eigenvalue weighted by molar-refractivity contribution is 7.93. The number of sulfonamides is 1. The van der Waals surface area contributed by atoms with E-state index in [1.54, 1.807) is 13.3 Å². The summed E-state index contributed by atoms with van der Waals surface area (Å²) in [6.07, 6.45) is 6.11. The normalized spacial score (nSPS) is 16.9. The number of aromatic amines is 1. The monoisotopic (exact) mass is 546 g/mol. The van der Waals surface area contributed by atoms with Crippen LogP contribution in [0.4, 0.5) is 5.95 Å². The van der Waals surface area contributed by atoms with Crippen LogP contribution in [0.25, 0.3) is 22.3 Å². The molecular weight excluding hydrogens is 520 g/mol. The predicted octanol–water partition coefficient (Wildman–Crippen LogP) is 3.31. The van der Waals surface area contributed by atoms with Crippen molar-refractivity contribution in [2.24, 2.45) is 0 Å². The van der Waals surface area contributed by atoms with E-state index in [2.05, 4.69) is 35.1 Å². The van der Waals surface area contributed by atoms with Gasteiger partial charge in [0.05, 0.1) is 28.9 Å². The zero-order valence-electron chi connectivity index (χ0n) is 20.5. The Hall–Kier alpha value is -3.13. The van der Waals surface area contributed by atoms with Gasteiger partial charge < -0.3 is 9.47 Å². The van der Waals surface area contributed by atoms with Crippen molar-refractivity contribution >= 4 is 38.5 Å². The second-order valence-electron chi connectivity index (χ2n) is 9.10. The van der Waals surface area contributed by atoms with Crippen LogP contribution in [0.1, 0.15) is 38.1 Å². The van der Waals surface area contributed by atoms with Gasteiger partial charge >= 0.3 is 0 Å². The lowest BCUT2D eigenvalue weighted by atomic mass is 9.76. The molecular formula is C23H27ClN8O4S. The molecule has 2 atom stereocenters. The maximum Gasteiger partial charge on any atom is 0.240 e. The third kappa shape index (κ3) is 4.56. The summed E-state index contributed by atoms with van der Waals surface area (Å²) in [5.74, 6) is 0.831. The van der Waals surface area contributed by atoms with Gasteiger partial charge in [0, 0.05) is 37.6 Å². The Morgan fingerprint density at radius 2 is 1.95 bits per heavy atom. The second kappa shape index (κ2) is 9.97. The summed E-state index contributed by atoms with van der Waals surface area (Å²) in [4.78, 5) is 8.29. The number of ether oxygens (including phenoxy) is 2. The summed E-state index contributed by atoms with van der Waals surface area (Å²) < 4.78 is 42.8. The predicted molar refractivity (Wildman–Crippen MR) is 138 cm³/mol. The van der Waals surface area contributed by atoms with E-state index in [1.165, 1.54) is 26.4 Å². The van der Waals surface area contributed by atoms with Gasteiger partial charge in [0.1, 0.15) is 11.4 Å². The van der Waals surface area contributed by atoms with Crippen LogP contribution < -0.4 is 4.72 Å². The first-order valence-corrected chi connectivity index (χ1v) is 13.6. The number of rotatable bonds is 10. The number of nitrogens with one attached hydrogen (secondary N) is 2. The molecule has 0 saturated heterocycles. The number of hydrogen-bond donors (Lipinski definition) is 2. The highest BCUT2D eigenvalue weighted by Crippen LogP contribution is 2.44. The van der Waals surface area contributed by atoms with Crippen LogP contribution in [0.15, 0.2) is 36.8 Å². The Balaban J connectivity index is 1.57. The van der Waals surface area contributed by atoms with Gasteiger partial charge in [0.2, 0.25) is 16.0 Å². The molecule has 0 aliphatic heterocycles. The van der Waals surface area contributed by atoms with Crippen molar-refractivity contribution in [1.82, 2.24) is 34.9 Å². The minimum atomic E-state index is -4.04. The molecule has 14 heteroatoms. The van der Waals surface area contributed by atoms with Crippen molar-refractivity contribution < 1.29 is 17.9 Å². The second-order valence-corrected chi connectivity index (χ2v) is 11.6. The van der Waals surface area contributed by atoms with Gasteiger partial charge in [-0.05, 0) is 32.3 Å². The van der Waals surface area contributed by atoms with E-state index in [-0.39, 0.29) is 11.8 Å².